The number of phenolic OH excluding ortho intramolecular Hbond substituents is 1. The van der Waals surface area contributed by atoms with E-state index in [1.807, 2.05) is 30.3 Å². The highest BCUT2D eigenvalue weighted by atomic mass is 19.1. The fraction of sp³-hybridized carbons (Fsp3) is 0.225. The summed E-state index contributed by atoms with van der Waals surface area (Å²) in [5, 5.41) is 10.0. The molecule has 248 valence electrons. The van der Waals surface area contributed by atoms with Crippen LogP contribution in [0.5, 0.6) is 5.75 Å². The molecule has 9 nitrogen and oxygen atoms in total. The summed E-state index contributed by atoms with van der Waals surface area (Å²) in [5.74, 6) is -6.08. The maximum atomic E-state index is 15.0. The van der Waals surface area contributed by atoms with Crippen LogP contribution in [0.25, 0.3) is 22.6 Å². The Labute approximate surface area is 285 Å². The maximum Gasteiger partial charge on any atom is 0.241 e. The number of carbonyl (C=O) groups is 4. The number of amides is 4. The van der Waals surface area contributed by atoms with Crippen molar-refractivity contribution in [3.05, 3.63) is 120 Å². The largest absolute Gasteiger partial charge is 0.505 e. The molecule has 4 aliphatic rings. The number of benzene rings is 4. The van der Waals surface area contributed by atoms with Gasteiger partial charge in [-0.05, 0) is 91.9 Å². The molecule has 2 aliphatic carbocycles. The normalized spacial score (nSPS) is 27.4. The minimum Gasteiger partial charge on any atom is -0.505 e. The molecule has 4 aromatic carbocycles. The van der Waals surface area contributed by atoms with Crippen molar-refractivity contribution >= 4 is 46.1 Å². The second-order valence-corrected chi connectivity index (χ2v) is 13.8. The van der Waals surface area contributed by atoms with Crippen LogP contribution in [-0.4, -0.2) is 33.7 Å². The van der Waals surface area contributed by atoms with E-state index < -0.39 is 58.4 Å². The molecule has 1 saturated carbocycles. The molecule has 4 amide bonds. The predicted octanol–water partition coefficient (Wildman–Crippen LogP) is 6.77. The fourth-order valence-corrected chi connectivity index (χ4v) is 8.92. The molecule has 9 rings (SSSR count). The summed E-state index contributed by atoms with van der Waals surface area (Å²) >= 11 is 0. The zero-order valence-electron chi connectivity index (χ0n) is 26.8. The van der Waals surface area contributed by atoms with E-state index in [-0.39, 0.29) is 24.7 Å². The number of nitrogens with zero attached hydrogens (tertiary/aromatic N) is 3. The van der Waals surface area contributed by atoms with Gasteiger partial charge in [0.1, 0.15) is 5.52 Å². The third kappa shape index (κ3) is 4.14. The number of halogens is 1. The lowest BCUT2D eigenvalue weighted by atomic mass is 9.51. The van der Waals surface area contributed by atoms with Gasteiger partial charge in [0.2, 0.25) is 29.5 Å². The number of aromatic hydroxyl groups is 1. The van der Waals surface area contributed by atoms with Crippen molar-refractivity contribution in [1.82, 2.24) is 4.98 Å². The van der Waals surface area contributed by atoms with Gasteiger partial charge < -0.3 is 9.52 Å². The van der Waals surface area contributed by atoms with E-state index in [0.29, 0.717) is 34.0 Å². The number of para-hydroxylation sites is 3. The highest BCUT2D eigenvalue weighted by Crippen LogP contribution is 2.63. The number of phenols is 1. The fourth-order valence-electron chi connectivity index (χ4n) is 8.92. The number of hydrogen-bond acceptors (Lipinski definition) is 7. The van der Waals surface area contributed by atoms with Crippen LogP contribution in [-0.2, 0) is 19.2 Å². The lowest BCUT2D eigenvalue weighted by Crippen LogP contribution is -2.48. The molecule has 6 atom stereocenters. The van der Waals surface area contributed by atoms with Crippen molar-refractivity contribution in [3.8, 4) is 17.2 Å². The van der Waals surface area contributed by atoms with E-state index in [9.17, 15) is 28.7 Å². The van der Waals surface area contributed by atoms with Gasteiger partial charge in [-0.1, -0.05) is 48.0 Å². The molecule has 1 aromatic heterocycles. The quantitative estimate of drug-likeness (QED) is 0.166. The molecule has 0 bridgehead atoms. The van der Waals surface area contributed by atoms with E-state index >= 15 is 0 Å². The molecule has 5 aromatic rings. The van der Waals surface area contributed by atoms with E-state index in [0.717, 1.165) is 11.1 Å². The van der Waals surface area contributed by atoms with Crippen LogP contribution in [0.3, 0.4) is 0 Å². The number of rotatable bonds is 4. The minimum atomic E-state index is -1.31. The van der Waals surface area contributed by atoms with Crippen molar-refractivity contribution < 1.29 is 33.1 Å². The number of oxazole rings is 1. The molecule has 2 aliphatic heterocycles. The molecule has 3 heterocycles. The van der Waals surface area contributed by atoms with Crippen molar-refractivity contribution in [2.45, 2.75) is 25.7 Å². The zero-order chi connectivity index (χ0) is 34.5. The van der Waals surface area contributed by atoms with Crippen LogP contribution in [0, 0.1) is 34.9 Å². The number of hydrogen-bond donors (Lipinski definition) is 1. The Bertz CT molecular complexity index is 2270. The monoisotopic (exact) mass is 667 g/mol. The first kappa shape index (κ1) is 30.2. The van der Waals surface area contributed by atoms with Gasteiger partial charge in [-0.25, -0.2) is 14.3 Å². The maximum absolute atomic E-state index is 15.0. The average molecular weight is 668 g/mol. The number of aromatic nitrogens is 1. The van der Waals surface area contributed by atoms with Gasteiger partial charge in [0.05, 0.1) is 34.5 Å². The number of fused-ring (bicyclic) bond motifs is 5. The Morgan fingerprint density at radius 1 is 0.820 bits per heavy atom. The Kier molecular flexibility index (Phi) is 6.52. The predicted molar refractivity (Wildman–Crippen MR) is 181 cm³/mol. The average Bonchev–Trinajstić information content (AvgIpc) is 3.73. The Morgan fingerprint density at radius 3 is 2.28 bits per heavy atom. The van der Waals surface area contributed by atoms with E-state index in [2.05, 4.69) is 4.98 Å². The van der Waals surface area contributed by atoms with Crippen molar-refractivity contribution in [2.24, 2.45) is 29.1 Å². The van der Waals surface area contributed by atoms with E-state index in [1.54, 1.807) is 67.6 Å². The van der Waals surface area contributed by atoms with Crippen molar-refractivity contribution in [2.75, 3.05) is 9.80 Å². The first-order chi connectivity index (χ1) is 24.2. The van der Waals surface area contributed by atoms with Crippen molar-refractivity contribution in [3.63, 3.8) is 0 Å². The second-order valence-electron chi connectivity index (χ2n) is 13.8. The summed E-state index contributed by atoms with van der Waals surface area (Å²) in [5.41, 5.74) is 2.75. The van der Waals surface area contributed by atoms with Gasteiger partial charge in [0.25, 0.3) is 0 Å². The number of allylic oxidation sites excluding steroid dienone is 2. The summed E-state index contributed by atoms with van der Waals surface area (Å²) in [6.07, 6.45) is 2.34. The molecule has 50 heavy (non-hydrogen) atoms. The molecular formula is C40H30FN3O6. The molecule has 1 N–H and O–H groups in total. The third-order valence-electron chi connectivity index (χ3n) is 11.3. The lowest BCUT2D eigenvalue weighted by molar-refractivity contribution is -0.131. The Morgan fingerprint density at radius 2 is 1.54 bits per heavy atom. The lowest BCUT2D eigenvalue weighted by Gasteiger charge is -2.49. The van der Waals surface area contributed by atoms with Crippen LogP contribution >= 0.6 is 0 Å². The standard InChI is InChI=1S/C40H30FN3O6/c1-40-28(37(47)44(39(40)49)23-7-3-2-4-8-23)20-27-25(34(40)22-13-18-31(45)29(41)19-22)16-17-26-33(27)38(48)43(36(26)46)24-14-11-21(12-15-24)35-42-30-9-5-6-10-32(30)50-35/h2-16,18-19,26-28,33-34,45H,17,20H2,1H3. The SMILES string of the molecule is CC12C(=O)N(c3ccccc3)C(=O)C1CC1C(=CCC3C(=O)N(c4ccc(-c5nc6ccccc6o5)cc4)C(=O)C31)C2c1ccc(O)c(F)c1. The van der Waals surface area contributed by atoms with Crippen LogP contribution in [0.1, 0.15) is 31.2 Å². The van der Waals surface area contributed by atoms with Crippen LogP contribution in [0.2, 0.25) is 0 Å². The molecule has 6 unspecified atom stereocenters. The van der Waals surface area contributed by atoms with Crippen LogP contribution in [0.15, 0.2) is 113 Å². The topological polar surface area (TPSA) is 121 Å². The summed E-state index contributed by atoms with van der Waals surface area (Å²) in [6.45, 7) is 1.74. The Hall–Kier alpha value is -5.90. The van der Waals surface area contributed by atoms with Gasteiger partial charge in [-0.3, -0.25) is 24.1 Å². The van der Waals surface area contributed by atoms with Gasteiger partial charge in [0, 0.05) is 11.5 Å². The molecule has 0 radical (unpaired) electrons. The molecule has 10 heteroatoms. The molecule has 0 spiro atoms. The Balaban J connectivity index is 1.10. The highest BCUT2D eigenvalue weighted by Gasteiger charge is 2.67. The highest BCUT2D eigenvalue weighted by molar-refractivity contribution is 6.25. The number of anilines is 2. The van der Waals surface area contributed by atoms with Gasteiger partial charge in [-0.2, -0.15) is 0 Å². The summed E-state index contributed by atoms with van der Waals surface area (Å²) in [7, 11) is 0. The van der Waals surface area contributed by atoms with Crippen molar-refractivity contribution in [1.29, 1.82) is 0 Å². The van der Waals surface area contributed by atoms with E-state index in [4.69, 9.17) is 4.42 Å². The van der Waals surface area contributed by atoms with Gasteiger partial charge in [-0.15, -0.1) is 0 Å². The molecular weight excluding hydrogens is 637 g/mol. The number of carbonyl (C=O) groups excluding carboxylic acids is 4. The summed E-state index contributed by atoms with van der Waals surface area (Å²) < 4.78 is 20.8. The van der Waals surface area contributed by atoms with Crippen LogP contribution in [0.4, 0.5) is 15.8 Å². The van der Waals surface area contributed by atoms with Crippen LogP contribution < -0.4 is 9.80 Å². The second kappa shape index (κ2) is 10.8. The third-order valence-corrected chi connectivity index (χ3v) is 11.3. The zero-order valence-corrected chi connectivity index (χ0v) is 26.8. The summed E-state index contributed by atoms with van der Waals surface area (Å²) in [4.78, 5) is 64.1. The van der Waals surface area contributed by atoms with E-state index in [1.165, 1.54) is 21.9 Å². The molecule has 3 fully saturated rings. The smallest absolute Gasteiger partial charge is 0.241 e. The first-order valence-electron chi connectivity index (χ1n) is 16.6. The van der Waals surface area contributed by atoms with Gasteiger partial charge in [0.15, 0.2) is 17.1 Å². The first-order valence-corrected chi connectivity index (χ1v) is 16.6. The minimum absolute atomic E-state index is 0.179. The van der Waals surface area contributed by atoms with Gasteiger partial charge >= 0.3 is 0 Å². The number of imide groups is 2. The summed E-state index contributed by atoms with van der Waals surface area (Å²) in [6, 6.07) is 27.0. The molecule has 2 saturated heterocycles.